The lowest BCUT2D eigenvalue weighted by atomic mass is 9.49. The van der Waals surface area contributed by atoms with E-state index in [0.717, 1.165) is 19.3 Å². The van der Waals surface area contributed by atoms with Gasteiger partial charge in [0.1, 0.15) is 0 Å². The molecule has 7 rings (SSSR count). The van der Waals surface area contributed by atoms with E-state index < -0.39 is 11.3 Å². The van der Waals surface area contributed by atoms with Gasteiger partial charge in [0.15, 0.2) is 18.2 Å². The molecular formula is C27H25NO5. The molecule has 0 spiro atoms. The quantitative estimate of drug-likeness (QED) is 0.612. The Hall–Kier alpha value is -3.28. The topological polar surface area (TPSA) is 89.5 Å². The first-order valence-electron chi connectivity index (χ1n) is 11.7. The molecule has 6 heteroatoms. The zero-order chi connectivity index (χ0) is 22.7. The summed E-state index contributed by atoms with van der Waals surface area (Å²) in [6.45, 7) is -0.354. The Bertz CT molecular complexity index is 1180. The Labute approximate surface area is 191 Å². The van der Waals surface area contributed by atoms with Crippen LogP contribution in [0.25, 0.3) is 0 Å². The van der Waals surface area contributed by atoms with Gasteiger partial charge >= 0.3 is 5.97 Å². The molecule has 0 heterocycles. The number of hydrogen-bond donors (Lipinski definition) is 1. The monoisotopic (exact) mass is 443 g/mol. The summed E-state index contributed by atoms with van der Waals surface area (Å²) in [4.78, 5) is 51.1. The first kappa shape index (κ1) is 20.3. The van der Waals surface area contributed by atoms with Crippen LogP contribution in [0.5, 0.6) is 0 Å². The smallest absolute Gasteiger partial charge is 0.312 e. The number of carbonyl (C=O) groups excluding carboxylic acids is 4. The third-order valence-electron chi connectivity index (χ3n) is 8.01. The second-order valence-corrected chi connectivity index (χ2v) is 10.3. The molecule has 0 aliphatic heterocycles. The van der Waals surface area contributed by atoms with Crippen molar-refractivity contribution in [2.75, 3.05) is 11.9 Å². The van der Waals surface area contributed by atoms with Crippen LogP contribution < -0.4 is 5.32 Å². The van der Waals surface area contributed by atoms with Crippen molar-refractivity contribution < 1.29 is 23.9 Å². The van der Waals surface area contributed by atoms with E-state index in [-0.39, 0.29) is 29.7 Å². The van der Waals surface area contributed by atoms with Gasteiger partial charge in [-0.1, -0.05) is 24.3 Å². The number of ether oxygens (including phenoxy) is 1. The molecule has 5 aliphatic rings. The van der Waals surface area contributed by atoms with Crippen molar-refractivity contribution in [1.29, 1.82) is 0 Å². The number of benzene rings is 2. The SMILES string of the molecule is O=C(COC(=O)C12CC3CC(CC(C3)C1)C2)Nc1ccc2c(c1)C(=O)c1ccccc1C2=O. The Morgan fingerprint density at radius 3 is 1.97 bits per heavy atom. The van der Waals surface area contributed by atoms with Gasteiger partial charge in [0.2, 0.25) is 0 Å². The average Bonchev–Trinajstić information content (AvgIpc) is 2.80. The van der Waals surface area contributed by atoms with Crippen LogP contribution in [-0.2, 0) is 14.3 Å². The highest BCUT2D eigenvalue weighted by Gasteiger charge is 2.55. The highest BCUT2D eigenvalue weighted by molar-refractivity contribution is 6.28. The van der Waals surface area contributed by atoms with E-state index >= 15 is 0 Å². The summed E-state index contributed by atoms with van der Waals surface area (Å²) >= 11 is 0. The summed E-state index contributed by atoms with van der Waals surface area (Å²) < 4.78 is 5.49. The van der Waals surface area contributed by atoms with E-state index in [1.807, 2.05) is 0 Å². The van der Waals surface area contributed by atoms with Crippen molar-refractivity contribution in [1.82, 2.24) is 0 Å². The molecule has 4 saturated carbocycles. The molecule has 1 amide bonds. The third-order valence-corrected chi connectivity index (χ3v) is 8.01. The fourth-order valence-electron chi connectivity index (χ4n) is 7.02. The molecule has 0 aromatic heterocycles. The highest BCUT2D eigenvalue weighted by atomic mass is 16.5. The van der Waals surface area contributed by atoms with Crippen LogP contribution in [0, 0.1) is 23.2 Å². The molecule has 1 N–H and O–H groups in total. The van der Waals surface area contributed by atoms with Gasteiger partial charge in [0.05, 0.1) is 5.41 Å². The summed E-state index contributed by atoms with van der Waals surface area (Å²) in [6, 6.07) is 11.4. The summed E-state index contributed by atoms with van der Waals surface area (Å²) in [7, 11) is 0. The number of anilines is 1. The molecule has 0 unspecified atom stereocenters. The number of esters is 1. The van der Waals surface area contributed by atoms with E-state index in [2.05, 4.69) is 5.32 Å². The summed E-state index contributed by atoms with van der Waals surface area (Å²) in [5.41, 5.74) is 1.34. The minimum Gasteiger partial charge on any atom is -0.455 e. The largest absolute Gasteiger partial charge is 0.455 e. The predicted octanol–water partition coefficient (Wildman–Crippen LogP) is 4.16. The summed E-state index contributed by atoms with van der Waals surface area (Å²) in [5.74, 6) is 0.727. The fourth-order valence-corrected chi connectivity index (χ4v) is 7.02. The van der Waals surface area contributed by atoms with Gasteiger partial charge in [-0.25, -0.2) is 0 Å². The predicted molar refractivity (Wildman–Crippen MR) is 120 cm³/mol. The summed E-state index contributed by atoms with van der Waals surface area (Å²) in [6.07, 6.45) is 6.37. The molecule has 0 atom stereocenters. The number of hydrogen-bond acceptors (Lipinski definition) is 5. The molecule has 4 fully saturated rings. The molecule has 2 aromatic rings. The van der Waals surface area contributed by atoms with Gasteiger partial charge in [-0.05, 0) is 74.5 Å². The first-order chi connectivity index (χ1) is 15.9. The van der Waals surface area contributed by atoms with Gasteiger partial charge in [0.25, 0.3) is 5.91 Å². The lowest BCUT2D eigenvalue weighted by Crippen LogP contribution is -2.50. The minimum absolute atomic E-state index is 0.206. The Balaban J connectivity index is 1.13. The van der Waals surface area contributed by atoms with Gasteiger partial charge < -0.3 is 10.1 Å². The Morgan fingerprint density at radius 1 is 0.818 bits per heavy atom. The number of amides is 1. The maximum Gasteiger partial charge on any atom is 0.312 e. The average molecular weight is 443 g/mol. The van der Waals surface area contributed by atoms with E-state index in [0.29, 0.717) is 40.1 Å². The van der Waals surface area contributed by atoms with Gasteiger partial charge in [0, 0.05) is 27.9 Å². The van der Waals surface area contributed by atoms with E-state index in [4.69, 9.17) is 4.74 Å². The van der Waals surface area contributed by atoms with Crippen LogP contribution in [0.2, 0.25) is 0 Å². The normalized spacial score (nSPS) is 28.8. The Morgan fingerprint density at radius 2 is 1.36 bits per heavy atom. The van der Waals surface area contributed by atoms with Crippen LogP contribution in [0.15, 0.2) is 42.5 Å². The first-order valence-corrected chi connectivity index (χ1v) is 11.7. The molecule has 0 radical (unpaired) electrons. The summed E-state index contributed by atoms with van der Waals surface area (Å²) in [5, 5.41) is 2.70. The zero-order valence-corrected chi connectivity index (χ0v) is 18.3. The molecule has 2 aromatic carbocycles. The van der Waals surface area contributed by atoms with Crippen molar-refractivity contribution in [3.8, 4) is 0 Å². The van der Waals surface area contributed by atoms with E-state index in [9.17, 15) is 19.2 Å². The second-order valence-electron chi connectivity index (χ2n) is 10.3. The molecule has 33 heavy (non-hydrogen) atoms. The third kappa shape index (κ3) is 3.31. The molecule has 6 nitrogen and oxygen atoms in total. The number of fused-ring (bicyclic) bond motifs is 2. The number of carbonyl (C=O) groups is 4. The van der Waals surface area contributed by atoms with Crippen molar-refractivity contribution >= 4 is 29.1 Å². The number of nitrogens with one attached hydrogen (secondary N) is 1. The van der Waals surface area contributed by atoms with Gasteiger partial charge in [-0.15, -0.1) is 0 Å². The van der Waals surface area contributed by atoms with E-state index in [1.54, 1.807) is 36.4 Å². The number of ketones is 2. The standard InChI is InChI=1S/C27H25NO5/c29-23(14-33-26(32)27-11-15-7-16(12-27)9-17(8-15)13-27)28-18-5-6-21-22(10-18)25(31)20-4-2-1-3-19(20)24(21)30/h1-6,10,15-17H,7-9,11-14H2,(H,28,29). The lowest BCUT2D eigenvalue weighted by molar-refractivity contribution is -0.172. The van der Waals surface area contributed by atoms with Crippen LogP contribution in [0.3, 0.4) is 0 Å². The highest BCUT2D eigenvalue weighted by Crippen LogP contribution is 2.60. The van der Waals surface area contributed by atoms with Gasteiger partial charge in [-0.2, -0.15) is 0 Å². The molecule has 0 saturated heterocycles. The second kappa shape index (κ2) is 7.37. The number of rotatable bonds is 4. The molecule has 5 aliphatic carbocycles. The zero-order valence-electron chi connectivity index (χ0n) is 18.3. The van der Waals surface area contributed by atoms with Crippen molar-refractivity contribution in [2.24, 2.45) is 23.2 Å². The maximum atomic E-state index is 13.0. The Kier molecular flexibility index (Phi) is 4.54. The van der Waals surface area contributed by atoms with Crippen LogP contribution in [-0.4, -0.2) is 30.0 Å². The van der Waals surface area contributed by atoms with Crippen LogP contribution in [0.4, 0.5) is 5.69 Å². The van der Waals surface area contributed by atoms with Crippen LogP contribution >= 0.6 is 0 Å². The lowest BCUT2D eigenvalue weighted by Gasteiger charge is -2.55. The maximum absolute atomic E-state index is 13.0. The molecule has 4 bridgehead atoms. The van der Waals surface area contributed by atoms with E-state index in [1.165, 1.54) is 25.3 Å². The van der Waals surface area contributed by atoms with Crippen molar-refractivity contribution in [3.05, 3.63) is 64.7 Å². The fraction of sp³-hybridized carbons (Fsp3) is 0.407. The van der Waals surface area contributed by atoms with Crippen molar-refractivity contribution in [3.63, 3.8) is 0 Å². The van der Waals surface area contributed by atoms with Gasteiger partial charge in [-0.3, -0.25) is 19.2 Å². The minimum atomic E-state index is -0.456. The van der Waals surface area contributed by atoms with Crippen molar-refractivity contribution in [2.45, 2.75) is 38.5 Å². The van der Waals surface area contributed by atoms with Crippen LogP contribution in [0.1, 0.15) is 70.4 Å². The molecular weight excluding hydrogens is 418 g/mol. The molecule has 168 valence electrons.